The lowest BCUT2D eigenvalue weighted by Gasteiger charge is -2.01. The number of benzene rings is 1. The third kappa shape index (κ3) is 4.18. The zero-order valence-electron chi connectivity index (χ0n) is 9.22. The van der Waals surface area contributed by atoms with Gasteiger partial charge in [0.2, 0.25) is 0 Å². The Bertz CT molecular complexity index is 489. The fraction of sp³-hybridized carbons (Fsp3) is 0.250. The quantitative estimate of drug-likeness (QED) is 0.511. The van der Waals surface area contributed by atoms with Crippen LogP contribution in [0.1, 0.15) is 18.4 Å². The van der Waals surface area contributed by atoms with Gasteiger partial charge in [-0.3, -0.25) is 4.79 Å². The van der Waals surface area contributed by atoms with Gasteiger partial charge in [-0.15, -0.1) is 0 Å². The average molecular weight is 272 g/mol. The van der Waals surface area contributed by atoms with Crippen molar-refractivity contribution in [1.82, 2.24) is 0 Å². The number of carbonyl (C=O) groups is 1. The van der Waals surface area contributed by atoms with Gasteiger partial charge in [0.05, 0.1) is 23.6 Å². The Labute approximate surface area is 110 Å². The number of halogens is 2. The number of nitrogens with two attached hydrogens (primary N) is 1. The summed E-state index contributed by atoms with van der Waals surface area (Å²) in [5, 5.41) is 0.794. The molecule has 3 nitrogen and oxygen atoms in total. The van der Waals surface area contributed by atoms with Crippen LogP contribution in [0.2, 0.25) is 10.0 Å². The van der Waals surface area contributed by atoms with E-state index in [0.717, 1.165) is 0 Å². The molecule has 0 fully saturated rings. The van der Waals surface area contributed by atoms with Gasteiger partial charge in [-0.2, -0.15) is 0 Å². The first-order chi connectivity index (χ1) is 8.04. The predicted octanol–water partition coefficient (Wildman–Crippen LogP) is 2.88. The summed E-state index contributed by atoms with van der Waals surface area (Å²) in [6.45, 7) is 0. The Morgan fingerprint density at radius 1 is 1.41 bits per heavy atom. The van der Waals surface area contributed by atoms with Gasteiger partial charge in [-0.05, 0) is 12.1 Å². The van der Waals surface area contributed by atoms with Gasteiger partial charge in [0.1, 0.15) is 0 Å². The Morgan fingerprint density at radius 2 is 2.06 bits per heavy atom. The van der Waals surface area contributed by atoms with E-state index in [2.05, 4.69) is 16.6 Å². The van der Waals surface area contributed by atoms with Crippen molar-refractivity contribution in [2.45, 2.75) is 12.8 Å². The molecule has 0 saturated carbocycles. The van der Waals surface area contributed by atoms with E-state index in [4.69, 9.17) is 28.9 Å². The van der Waals surface area contributed by atoms with E-state index in [9.17, 15) is 4.79 Å². The fourth-order valence-corrected chi connectivity index (χ4v) is 1.43. The maximum Gasteiger partial charge on any atom is 0.306 e. The summed E-state index contributed by atoms with van der Waals surface area (Å²) in [6, 6.07) is 3.15. The van der Waals surface area contributed by atoms with Gasteiger partial charge in [0, 0.05) is 17.7 Å². The zero-order chi connectivity index (χ0) is 12.8. The summed E-state index contributed by atoms with van der Waals surface area (Å²) < 4.78 is 4.49. The van der Waals surface area contributed by atoms with Crippen LogP contribution in [0.4, 0.5) is 5.69 Å². The van der Waals surface area contributed by atoms with Gasteiger partial charge < -0.3 is 10.5 Å². The molecule has 0 amide bonds. The molecule has 0 aromatic heterocycles. The molecule has 1 aromatic rings. The summed E-state index contributed by atoms with van der Waals surface area (Å²) in [5.41, 5.74) is 6.79. The van der Waals surface area contributed by atoms with E-state index in [1.807, 2.05) is 0 Å². The number of esters is 1. The SMILES string of the molecule is COC(=O)CCC#Cc1cc(Cl)c(Cl)cc1N. The molecule has 0 aliphatic rings. The van der Waals surface area contributed by atoms with Gasteiger partial charge in [0.15, 0.2) is 0 Å². The van der Waals surface area contributed by atoms with E-state index < -0.39 is 0 Å². The Hall–Kier alpha value is -1.37. The molecular formula is C12H11Cl2NO2. The summed E-state index contributed by atoms with van der Waals surface area (Å²) in [6.07, 6.45) is 0.664. The van der Waals surface area contributed by atoms with Crippen molar-refractivity contribution in [2.24, 2.45) is 0 Å². The zero-order valence-corrected chi connectivity index (χ0v) is 10.7. The van der Waals surface area contributed by atoms with Crippen LogP contribution < -0.4 is 5.73 Å². The van der Waals surface area contributed by atoms with E-state index >= 15 is 0 Å². The molecule has 0 spiro atoms. The topological polar surface area (TPSA) is 52.3 Å². The molecule has 0 heterocycles. The first kappa shape index (κ1) is 13.7. The van der Waals surface area contributed by atoms with E-state index in [-0.39, 0.29) is 12.4 Å². The number of anilines is 1. The molecule has 0 aliphatic heterocycles. The third-order valence-electron chi connectivity index (χ3n) is 2.00. The second-order valence-electron chi connectivity index (χ2n) is 3.23. The fourth-order valence-electron chi connectivity index (χ4n) is 1.09. The Morgan fingerprint density at radius 3 is 2.71 bits per heavy atom. The normalized spacial score (nSPS) is 9.35. The molecule has 5 heteroatoms. The highest BCUT2D eigenvalue weighted by Gasteiger charge is 2.02. The predicted molar refractivity (Wildman–Crippen MR) is 69.0 cm³/mol. The smallest absolute Gasteiger partial charge is 0.306 e. The minimum atomic E-state index is -0.290. The van der Waals surface area contributed by atoms with Crippen LogP contribution in [0.15, 0.2) is 12.1 Å². The van der Waals surface area contributed by atoms with Crippen molar-refractivity contribution in [1.29, 1.82) is 0 Å². The molecule has 1 aromatic carbocycles. The highest BCUT2D eigenvalue weighted by molar-refractivity contribution is 6.42. The minimum Gasteiger partial charge on any atom is -0.469 e. The first-order valence-electron chi connectivity index (χ1n) is 4.84. The molecule has 0 saturated heterocycles. The molecule has 0 atom stereocenters. The van der Waals surface area contributed by atoms with Crippen molar-refractivity contribution in [3.8, 4) is 11.8 Å². The number of nitrogen functional groups attached to an aromatic ring is 1. The van der Waals surface area contributed by atoms with Crippen molar-refractivity contribution < 1.29 is 9.53 Å². The highest BCUT2D eigenvalue weighted by Crippen LogP contribution is 2.26. The van der Waals surface area contributed by atoms with E-state index in [0.29, 0.717) is 27.7 Å². The third-order valence-corrected chi connectivity index (χ3v) is 2.72. The average Bonchev–Trinajstić information content (AvgIpc) is 2.30. The van der Waals surface area contributed by atoms with Gasteiger partial charge >= 0.3 is 5.97 Å². The van der Waals surface area contributed by atoms with Crippen molar-refractivity contribution in [3.63, 3.8) is 0 Å². The van der Waals surface area contributed by atoms with Gasteiger partial charge in [-0.25, -0.2) is 0 Å². The number of ether oxygens (including phenoxy) is 1. The summed E-state index contributed by atoms with van der Waals surface area (Å²) >= 11 is 11.6. The number of rotatable bonds is 2. The molecular weight excluding hydrogens is 261 g/mol. The summed E-state index contributed by atoms with van der Waals surface area (Å²) in [4.78, 5) is 10.8. The lowest BCUT2D eigenvalue weighted by atomic mass is 10.2. The van der Waals surface area contributed by atoms with Crippen molar-refractivity contribution >= 4 is 34.9 Å². The van der Waals surface area contributed by atoms with Crippen molar-refractivity contribution in [3.05, 3.63) is 27.7 Å². The summed E-state index contributed by atoms with van der Waals surface area (Å²) in [7, 11) is 1.34. The lowest BCUT2D eigenvalue weighted by molar-refractivity contribution is -0.140. The van der Waals surface area contributed by atoms with E-state index in [1.165, 1.54) is 7.11 Å². The van der Waals surface area contributed by atoms with Gasteiger partial charge in [0.25, 0.3) is 0 Å². The number of methoxy groups -OCH3 is 1. The first-order valence-corrected chi connectivity index (χ1v) is 5.60. The van der Waals surface area contributed by atoms with Gasteiger partial charge in [-0.1, -0.05) is 35.0 Å². The number of hydrogen-bond acceptors (Lipinski definition) is 3. The van der Waals surface area contributed by atoms with Crippen LogP contribution in [-0.2, 0) is 9.53 Å². The van der Waals surface area contributed by atoms with Crippen LogP contribution in [0.5, 0.6) is 0 Å². The summed E-state index contributed by atoms with van der Waals surface area (Å²) in [5.74, 6) is 5.37. The maximum absolute atomic E-state index is 10.8. The van der Waals surface area contributed by atoms with Crippen LogP contribution in [-0.4, -0.2) is 13.1 Å². The second-order valence-corrected chi connectivity index (χ2v) is 4.05. The number of carbonyl (C=O) groups excluding carboxylic acids is 1. The Kier molecular flexibility index (Phi) is 5.14. The lowest BCUT2D eigenvalue weighted by Crippen LogP contribution is -1.98. The minimum absolute atomic E-state index is 0.255. The molecule has 0 aliphatic carbocycles. The molecule has 0 bridgehead atoms. The standard InChI is InChI=1S/C12H11Cl2NO2/c1-17-12(16)5-3-2-4-8-6-9(13)10(14)7-11(8)15/h6-7H,3,5,15H2,1H3. The van der Waals surface area contributed by atoms with Crippen LogP contribution >= 0.6 is 23.2 Å². The molecule has 17 heavy (non-hydrogen) atoms. The molecule has 2 N–H and O–H groups in total. The monoisotopic (exact) mass is 271 g/mol. The maximum atomic E-state index is 10.8. The molecule has 0 unspecified atom stereocenters. The van der Waals surface area contributed by atoms with Crippen LogP contribution in [0, 0.1) is 11.8 Å². The molecule has 0 radical (unpaired) electrons. The number of hydrogen-bond donors (Lipinski definition) is 1. The largest absolute Gasteiger partial charge is 0.469 e. The molecule has 1 rings (SSSR count). The van der Waals surface area contributed by atoms with Crippen LogP contribution in [0.25, 0.3) is 0 Å². The van der Waals surface area contributed by atoms with E-state index in [1.54, 1.807) is 12.1 Å². The Balaban J connectivity index is 2.72. The van der Waals surface area contributed by atoms with Crippen LogP contribution in [0.3, 0.4) is 0 Å². The van der Waals surface area contributed by atoms with Crippen molar-refractivity contribution in [2.75, 3.05) is 12.8 Å². The highest BCUT2D eigenvalue weighted by atomic mass is 35.5. The second kappa shape index (κ2) is 6.39. The molecule has 90 valence electrons.